The lowest BCUT2D eigenvalue weighted by Gasteiger charge is -2.12. The highest BCUT2D eigenvalue weighted by Crippen LogP contribution is 2.33. The SMILES string of the molecule is CC(C)c1cc(C(=O)Nc2ccc(-c3nn(C4CCOC4)c4ncnc(N)c34)cc2)c(=O)n(-c2ccc(F)cn2)n1. The average molecular weight is 556 g/mol. The van der Waals surface area contributed by atoms with Gasteiger partial charge in [0.1, 0.15) is 29.2 Å². The molecule has 5 heterocycles. The van der Waals surface area contributed by atoms with Crippen LogP contribution in [0.15, 0.2) is 59.8 Å². The summed E-state index contributed by atoms with van der Waals surface area (Å²) in [5.41, 5.74) is 8.40. The summed E-state index contributed by atoms with van der Waals surface area (Å²) in [6.45, 7) is 4.96. The fraction of sp³-hybridized carbons (Fsp3) is 0.250. The predicted molar refractivity (Wildman–Crippen MR) is 149 cm³/mol. The number of ether oxygens (including phenoxy) is 1. The predicted octanol–water partition coefficient (Wildman–Crippen LogP) is 3.49. The number of nitrogens with two attached hydrogens (primary N) is 1. The largest absolute Gasteiger partial charge is 0.383 e. The van der Waals surface area contributed by atoms with Crippen LogP contribution in [0.1, 0.15) is 48.3 Å². The number of carbonyl (C=O) groups is 1. The van der Waals surface area contributed by atoms with Gasteiger partial charge in [-0.25, -0.2) is 24.0 Å². The number of nitrogen functional groups attached to an aromatic ring is 1. The molecule has 1 saturated heterocycles. The van der Waals surface area contributed by atoms with Gasteiger partial charge in [0.25, 0.3) is 11.5 Å². The highest BCUT2D eigenvalue weighted by Gasteiger charge is 2.25. The number of fused-ring (bicyclic) bond motifs is 1. The molecule has 1 amide bonds. The molecule has 3 N–H and O–H groups in total. The van der Waals surface area contributed by atoms with Crippen molar-refractivity contribution in [1.82, 2.24) is 34.5 Å². The molecule has 41 heavy (non-hydrogen) atoms. The van der Waals surface area contributed by atoms with Gasteiger partial charge in [0.05, 0.1) is 29.9 Å². The summed E-state index contributed by atoms with van der Waals surface area (Å²) < 4.78 is 21.8. The first-order valence-corrected chi connectivity index (χ1v) is 13.0. The number of amides is 1. The first-order valence-electron chi connectivity index (χ1n) is 13.0. The number of nitrogens with zero attached hydrogens (tertiary/aromatic N) is 7. The van der Waals surface area contributed by atoms with E-state index in [4.69, 9.17) is 15.6 Å². The lowest BCUT2D eigenvalue weighted by molar-refractivity contribution is 0.102. The lowest BCUT2D eigenvalue weighted by atomic mass is 10.1. The second-order valence-corrected chi connectivity index (χ2v) is 9.99. The van der Waals surface area contributed by atoms with Gasteiger partial charge in [-0.15, -0.1) is 0 Å². The Morgan fingerprint density at radius 1 is 1.12 bits per heavy atom. The summed E-state index contributed by atoms with van der Waals surface area (Å²) in [5, 5.41) is 12.6. The lowest BCUT2D eigenvalue weighted by Crippen LogP contribution is -2.31. The summed E-state index contributed by atoms with van der Waals surface area (Å²) >= 11 is 0. The van der Waals surface area contributed by atoms with Crippen LogP contribution in [0.5, 0.6) is 0 Å². The summed E-state index contributed by atoms with van der Waals surface area (Å²) in [4.78, 5) is 39.0. The topological polar surface area (TPSA) is 156 Å². The molecule has 0 spiro atoms. The number of halogens is 1. The molecule has 6 rings (SSSR count). The Morgan fingerprint density at radius 2 is 1.93 bits per heavy atom. The van der Waals surface area contributed by atoms with Crippen molar-refractivity contribution in [3.8, 4) is 17.1 Å². The minimum absolute atomic E-state index is 0.0457. The van der Waals surface area contributed by atoms with E-state index in [1.807, 2.05) is 18.5 Å². The van der Waals surface area contributed by atoms with Crippen LogP contribution in [0.2, 0.25) is 0 Å². The average Bonchev–Trinajstić information content (AvgIpc) is 3.63. The van der Waals surface area contributed by atoms with Crippen LogP contribution < -0.4 is 16.6 Å². The molecule has 208 valence electrons. The molecule has 0 aliphatic carbocycles. The number of hydrogen-bond acceptors (Lipinski definition) is 9. The number of nitrogens with one attached hydrogen (secondary N) is 1. The van der Waals surface area contributed by atoms with Crippen molar-refractivity contribution in [2.75, 3.05) is 24.3 Å². The van der Waals surface area contributed by atoms with E-state index in [2.05, 4.69) is 25.4 Å². The third-order valence-electron chi connectivity index (χ3n) is 6.88. The van der Waals surface area contributed by atoms with E-state index in [9.17, 15) is 14.0 Å². The van der Waals surface area contributed by atoms with Crippen LogP contribution in [0.4, 0.5) is 15.9 Å². The molecule has 0 saturated carbocycles. The van der Waals surface area contributed by atoms with E-state index in [-0.39, 0.29) is 23.3 Å². The standard InChI is InChI=1S/C28H26FN9O3/c1-15(2)21-11-20(28(40)38(35-21)22-8-5-17(29)12-31-22)27(39)34-18-6-3-16(4-7-18)24-23-25(30)32-14-33-26(23)37(36-24)19-9-10-41-13-19/h3-8,11-12,14-15,19H,9-10,13H2,1-2H3,(H,34,39)(H2,30,32,33). The molecule has 1 aliphatic heterocycles. The molecule has 0 bridgehead atoms. The highest BCUT2D eigenvalue weighted by molar-refractivity contribution is 6.04. The number of aromatic nitrogens is 7. The summed E-state index contributed by atoms with van der Waals surface area (Å²) in [5.74, 6) is -0.827. The van der Waals surface area contributed by atoms with Gasteiger partial charge < -0.3 is 15.8 Å². The fourth-order valence-corrected chi connectivity index (χ4v) is 4.68. The molecule has 1 atom stereocenters. The Morgan fingerprint density at radius 3 is 2.61 bits per heavy atom. The number of hydrogen-bond donors (Lipinski definition) is 2. The number of anilines is 2. The molecule has 1 fully saturated rings. The van der Waals surface area contributed by atoms with Crippen molar-refractivity contribution in [1.29, 1.82) is 0 Å². The first-order chi connectivity index (χ1) is 19.8. The van der Waals surface area contributed by atoms with Crippen LogP contribution in [0.3, 0.4) is 0 Å². The van der Waals surface area contributed by atoms with E-state index >= 15 is 0 Å². The Labute approximate surface area is 233 Å². The highest BCUT2D eigenvalue weighted by atomic mass is 19.1. The molecular weight excluding hydrogens is 529 g/mol. The second-order valence-electron chi connectivity index (χ2n) is 9.99. The van der Waals surface area contributed by atoms with E-state index in [1.54, 1.807) is 24.3 Å². The van der Waals surface area contributed by atoms with Gasteiger partial charge in [-0.1, -0.05) is 26.0 Å². The summed E-state index contributed by atoms with van der Waals surface area (Å²) in [7, 11) is 0. The van der Waals surface area contributed by atoms with Crippen LogP contribution in [-0.2, 0) is 4.74 Å². The molecular formula is C28H26FN9O3. The van der Waals surface area contributed by atoms with Crippen LogP contribution >= 0.6 is 0 Å². The van der Waals surface area contributed by atoms with Crippen molar-refractivity contribution in [2.45, 2.75) is 32.2 Å². The number of carbonyl (C=O) groups excluding carboxylic acids is 1. The van der Waals surface area contributed by atoms with Crippen molar-refractivity contribution in [3.63, 3.8) is 0 Å². The Kier molecular flexibility index (Phi) is 6.71. The normalized spacial score (nSPS) is 15.1. The third-order valence-corrected chi connectivity index (χ3v) is 6.88. The van der Waals surface area contributed by atoms with Gasteiger partial charge in [0, 0.05) is 17.9 Å². The molecule has 5 aromatic rings. The Balaban J connectivity index is 1.31. The van der Waals surface area contributed by atoms with E-state index < -0.39 is 17.3 Å². The Hall–Kier alpha value is -5.04. The first kappa shape index (κ1) is 26.2. The number of pyridine rings is 1. The van der Waals surface area contributed by atoms with E-state index in [0.29, 0.717) is 47.1 Å². The molecule has 1 unspecified atom stereocenters. The zero-order chi connectivity index (χ0) is 28.7. The fourth-order valence-electron chi connectivity index (χ4n) is 4.68. The van der Waals surface area contributed by atoms with Crippen LogP contribution in [0, 0.1) is 5.82 Å². The minimum Gasteiger partial charge on any atom is -0.383 e. The number of rotatable bonds is 6. The molecule has 0 radical (unpaired) electrons. The van der Waals surface area contributed by atoms with Gasteiger partial charge in [0.15, 0.2) is 11.5 Å². The van der Waals surface area contributed by atoms with Crippen molar-refractivity contribution >= 4 is 28.4 Å². The van der Waals surface area contributed by atoms with Crippen LogP contribution in [-0.4, -0.2) is 53.6 Å². The zero-order valence-corrected chi connectivity index (χ0v) is 22.3. The van der Waals surface area contributed by atoms with Gasteiger partial charge in [-0.05, 0) is 42.7 Å². The van der Waals surface area contributed by atoms with E-state index in [0.717, 1.165) is 22.9 Å². The minimum atomic E-state index is -0.675. The zero-order valence-electron chi connectivity index (χ0n) is 22.3. The quantitative estimate of drug-likeness (QED) is 0.320. The van der Waals surface area contributed by atoms with E-state index in [1.165, 1.54) is 24.5 Å². The molecule has 12 nitrogen and oxygen atoms in total. The van der Waals surface area contributed by atoms with Gasteiger partial charge in [-0.3, -0.25) is 9.59 Å². The van der Waals surface area contributed by atoms with Crippen LogP contribution in [0.25, 0.3) is 28.1 Å². The maximum Gasteiger partial charge on any atom is 0.285 e. The summed E-state index contributed by atoms with van der Waals surface area (Å²) in [6, 6.07) is 11.0. The van der Waals surface area contributed by atoms with Gasteiger partial charge in [-0.2, -0.15) is 14.9 Å². The third kappa shape index (κ3) is 4.91. The monoisotopic (exact) mass is 555 g/mol. The van der Waals surface area contributed by atoms with Crippen molar-refractivity contribution in [3.05, 3.63) is 82.4 Å². The Bertz CT molecular complexity index is 1810. The maximum absolute atomic E-state index is 13.4. The van der Waals surface area contributed by atoms with Crippen molar-refractivity contribution in [2.24, 2.45) is 0 Å². The summed E-state index contributed by atoms with van der Waals surface area (Å²) in [6.07, 6.45) is 3.22. The second kappa shape index (κ2) is 10.5. The number of benzene rings is 1. The molecule has 4 aromatic heterocycles. The molecule has 1 aliphatic rings. The van der Waals surface area contributed by atoms with Crippen molar-refractivity contribution < 1.29 is 13.9 Å². The molecule has 1 aromatic carbocycles. The smallest absolute Gasteiger partial charge is 0.285 e. The van der Waals surface area contributed by atoms with Gasteiger partial charge in [0.2, 0.25) is 0 Å². The molecule has 13 heteroatoms. The maximum atomic E-state index is 13.4. The van der Waals surface area contributed by atoms with Gasteiger partial charge >= 0.3 is 0 Å².